The van der Waals surface area contributed by atoms with Crippen LogP contribution >= 0.6 is 11.6 Å². The van der Waals surface area contributed by atoms with E-state index in [4.69, 9.17) is 16.0 Å². The third-order valence-corrected chi connectivity index (χ3v) is 5.48. The van der Waals surface area contributed by atoms with Crippen molar-refractivity contribution in [2.24, 2.45) is 0 Å². The highest BCUT2D eigenvalue weighted by atomic mass is 35.5. The van der Waals surface area contributed by atoms with Gasteiger partial charge in [-0.3, -0.25) is 4.79 Å². The zero-order valence-corrected chi connectivity index (χ0v) is 16.9. The third kappa shape index (κ3) is 3.42. The maximum atomic E-state index is 12.7. The number of amides is 1. The fourth-order valence-electron chi connectivity index (χ4n) is 3.39. The zero-order valence-electron chi connectivity index (χ0n) is 16.1. The van der Waals surface area contributed by atoms with Gasteiger partial charge in [0, 0.05) is 21.8 Å². The van der Waals surface area contributed by atoms with E-state index >= 15 is 0 Å². The third-order valence-electron chi connectivity index (χ3n) is 5.08. The van der Waals surface area contributed by atoms with Crippen molar-refractivity contribution in [2.45, 2.75) is 6.92 Å². The van der Waals surface area contributed by atoms with Crippen LogP contribution in [0, 0.1) is 6.92 Å². The Kier molecular flexibility index (Phi) is 4.49. The maximum absolute atomic E-state index is 12.7. The Hall–Kier alpha value is -3.63. The average Bonchev–Trinajstić information content (AvgIpc) is 3.18. The van der Waals surface area contributed by atoms with Gasteiger partial charge in [-0.25, -0.2) is 4.98 Å². The van der Waals surface area contributed by atoms with E-state index < -0.39 is 0 Å². The quantitative estimate of drug-likeness (QED) is 0.352. The van der Waals surface area contributed by atoms with Crippen molar-refractivity contribution < 1.29 is 9.21 Å². The molecule has 1 amide bonds. The molecule has 1 aromatic heterocycles. The highest BCUT2D eigenvalue weighted by Gasteiger charge is 2.12. The number of carbonyl (C=O) groups is 1. The summed E-state index contributed by atoms with van der Waals surface area (Å²) in [4.78, 5) is 17.3. The molecule has 0 saturated carbocycles. The number of fused-ring (bicyclic) bond motifs is 2. The summed E-state index contributed by atoms with van der Waals surface area (Å²) in [5.74, 6) is 0.319. The van der Waals surface area contributed by atoms with E-state index in [1.807, 2.05) is 67.6 Å². The number of halogens is 1. The topological polar surface area (TPSA) is 55.1 Å². The number of aryl methyl sites for hydroxylation is 1. The number of hydrogen-bond donors (Lipinski definition) is 1. The first-order valence-corrected chi connectivity index (χ1v) is 9.92. The van der Waals surface area contributed by atoms with Crippen LogP contribution in [0.15, 0.2) is 83.3 Å². The molecule has 0 spiro atoms. The van der Waals surface area contributed by atoms with Crippen molar-refractivity contribution in [1.82, 2.24) is 4.98 Å². The first-order valence-electron chi connectivity index (χ1n) is 9.54. The Morgan fingerprint density at radius 2 is 1.77 bits per heavy atom. The summed E-state index contributed by atoms with van der Waals surface area (Å²) in [6.07, 6.45) is 0. The van der Waals surface area contributed by atoms with Crippen molar-refractivity contribution in [1.29, 1.82) is 0 Å². The minimum Gasteiger partial charge on any atom is -0.436 e. The van der Waals surface area contributed by atoms with Gasteiger partial charge in [0.1, 0.15) is 5.52 Å². The second kappa shape index (κ2) is 7.32. The second-order valence-electron chi connectivity index (χ2n) is 7.18. The van der Waals surface area contributed by atoms with E-state index in [9.17, 15) is 4.79 Å². The summed E-state index contributed by atoms with van der Waals surface area (Å²) in [5, 5.41) is 5.73. The number of oxazole rings is 1. The van der Waals surface area contributed by atoms with Crippen LogP contribution in [0.25, 0.3) is 33.3 Å². The molecule has 0 aliphatic heterocycles. The normalized spacial score (nSPS) is 11.1. The van der Waals surface area contributed by atoms with Gasteiger partial charge < -0.3 is 9.73 Å². The Bertz CT molecular complexity index is 1420. The number of nitrogens with one attached hydrogen (secondary N) is 1. The molecule has 4 aromatic carbocycles. The summed E-state index contributed by atoms with van der Waals surface area (Å²) in [6.45, 7) is 1.95. The molecule has 5 heteroatoms. The summed E-state index contributed by atoms with van der Waals surface area (Å²) in [6, 6.07) is 24.7. The lowest BCUT2D eigenvalue weighted by Gasteiger charge is -2.06. The number of carbonyl (C=O) groups excluding carboxylic acids is 1. The van der Waals surface area contributed by atoms with Gasteiger partial charge in [-0.15, -0.1) is 0 Å². The Labute approximate surface area is 178 Å². The van der Waals surface area contributed by atoms with Crippen molar-refractivity contribution in [3.8, 4) is 11.5 Å². The van der Waals surface area contributed by atoms with Crippen molar-refractivity contribution in [3.63, 3.8) is 0 Å². The van der Waals surface area contributed by atoms with Gasteiger partial charge in [0.2, 0.25) is 5.89 Å². The van der Waals surface area contributed by atoms with Gasteiger partial charge in [0.15, 0.2) is 5.58 Å². The molecule has 1 heterocycles. The van der Waals surface area contributed by atoms with Crippen LogP contribution in [0.5, 0.6) is 0 Å². The van der Waals surface area contributed by atoms with Crippen LogP contribution in [0.3, 0.4) is 0 Å². The molecular weight excluding hydrogens is 396 g/mol. The predicted octanol–water partition coefficient (Wildman–Crippen LogP) is 6.86. The molecule has 0 radical (unpaired) electrons. The van der Waals surface area contributed by atoms with Gasteiger partial charge in [0.25, 0.3) is 5.91 Å². The van der Waals surface area contributed by atoms with E-state index in [-0.39, 0.29) is 5.91 Å². The molecule has 0 atom stereocenters. The number of benzene rings is 4. The number of rotatable bonds is 3. The lowest BCUT2D eigenvalue weighted by atomic mass is 10.1. The van der Waals surface area contributed by atoms with Gasteiger partial charge >= 0.3 is 0 Å². The zero-order chi connectivity index (χ0) is 20.7. The molecule has 1 N–H and O–H groups in total. The smallest absolute Gasteiger partial charge is 0.255 e. The van der Waals surface area contributed by atoms with E-state index in [1.54, 1.807) is 18.2 Å². The average molecular weight is 413 g/mol. The van der Waals surface area contributed by atoms with Crippen LogP contribution in [-0.2, 0) is 0 Å². The maximum Gasteiger partial charge on any atom is 0.255 e. The van der Waals surface area contributed by atoms with Gasteiger partial charge in [-0.05, 0) is 65.7 Å². The van der Waals surface area contributed by atoms with Crippen molar-refractivity contribution in [2.75, 3.05) is 5.32 Å². The Morgan fingerprint density at radius 3 is 2.60 bits per heavy atom. The largest absolute Gasteiger partial charge is 0.436 e. The highest BCUT2D eigenvalue weighted by molar-refractivity contribution is 6.31. The van der Waals surface area contributed by atoms with Gasteiger partial charge in [0.05, 0.1) is 0 Å². The standard InChI is InChI=1S/C25H17ClN2O2/c1-15-6-7-19(13-21(15)26)25-28-22-14-20(10-11-23(22)30-25)27-24(29)18-9-8-16-4-2-3-5-17(16)12-18/h2-14H,1H3,(H,27,29). The molecule has 30 heavy (non-hydrogen) atoms. The van der Waals surface area contributed by atoms with Crippen LogP contribution in [0.2, 0.25) is 5.02 Å². The fraction of sp³-hybridized carbons (Fsp3) is 0.0400. The molecule has 0 bridgehead atoms. The number of nitrogens with zero attached hydrogens (tertiary/aromatic N) is 1. The molecule has 5 aromatic rings. The molecule has 0 aliphatic carbocycles. The number of hydrogen-bond acceptors (Lipinski definition) is 3. The van der Waals surface area contributed by atoms with E-state index in [2.05, 4.69) is 10.3 Å². The van der Waals surface area contributed by atoms with Crippen LogP contribution in [0.1, 0.15) is 15.9 Å². The number of anilines is 1. The second-order valence-corrected chi connectivity index (χ2v) is 7.59. The summed E-state index contributed by atoms with van der Waals surface area (Å²) in [7, 11) is 0. The van der Waals surface area contributed by atoms with Crippen molar-refractivity contribution in [3.05, 3.63) is 95.0 Å². The lowest BCUT2D eigenvalue weighted by Crippen LogP contribution is -2.11. The molecular formula is C25H17ClN2O2. The van der Waals surface area contributed by atoms with E-state index in [0.717, 1.165) is 21.9 Å². The lowest BCUT2D eigenvalue weighted by molar-refractivity contribution is 0.102. The van der Waals surface area contributed by atoms with E-state index in [0.29, 0.717) is 33.3 Å². The van der Waals surface area contributed by atoms with Crippen LogP contribution in [0.4, 0.5) is 5.69 Å². The minimum atomic E-state index is -0.172. The molecule has 4 nitrogen and oxygen atoms in total. The molecule has 0 saturated heterocycles. The Balaban J connectivity index is 1.42. The monoisotopic (exact) mass is 412 g/mol. The first-order chi connectivity index (χ1) is 14.6. The van der Waals surface area contributed by atoms with Crippen LogP contribution in [-0.4, -0.2) is 10.9 Å². The van der Waals surface area contributed by atoms with Gasteiger partial charge in [-0.1, -0.05) is 48.0 Å². The van der Waals surface area contributed by atoms with Crippen LogP contribution < -0.4 is 5.32 Å². The molecule has 0 aliphatic rings. The highest BCUT2D eigenvalue weighted by Crippen LogP contribution is 2.29. The van der Waals surface area contributed by atoms with Crippen molar-refractivity contribution >= 4 is 45.1 Å². The molecule has 0 fully saturated rings. The summed E-state index contributed by atoms with van der Waals surface area (Å²) < 4.78 is 5.86. The minimum absolute atomic E-state index is 0.172. The summed E-state index contributed by atoms with van der Waals surface area (Å²) >= 11 is 6.22. The molecule has 5 rings (SSSR count). The first kappa shape index (κ1) is 18.4. The molecule has 0 unspecified atom stereocenters. The van der Waals surface area contributed by atoms with E-state index in [1.165, 1.54) is 0 Å². The Morgan fingerprint density at radius 1 is 0.933 bits per heavy atom. The van der Waals surface area contributed by atoms with Gasteiger partial charge in [-0.2, -0.15) is 0 Å². The number of aromatic nitrogens is 1. The molecule has 146 valence electrons. The SMILES string of the molecule is Cc1ccc(-c2nc3cc(NC(=O)c4ccc5ccccc5c4)ccc3o2)cc1Cl. The predicted molar refractivity (Wildman–Crippen MR) is 121 cm³/mol. The summed E-state index contributed by atoms with van der Waals surface area (Å²) in [5.41, 5.74) is 4.37. The fourth-order valence-corrected chi connectivity index (χ4v) is 3.57.